The van der Waals surface area contributed by atoms with Crippen molar-refractivity contribution in [3.8, 4) is 0 Å². The van der Waals surface area contributed by atoms with Crippen LogP contribution in [0.5, 0.6) is 0 Å². The summed E-state index contributed by atoms with van der Waals surface area (Å²) in [6, 6.07) is 2.88. The van der Waals surface area contributed by atoms with Crippen LogP contribution in [0, 0.1) is 0 Å². The fourth-order valence-electron chi connectivity index (χ4n) is 2.85. The fourth-order valence-corrected chi connectivity index (χ4v) is 3.55. The van der Waals surface area contributed by atoms with E-state index in [2.05, 4.69) is 0 Å². The summed E-state index contributed by atoms with van der Waals surface area (Å²) in [5, 5.41) is 30.0. The number of aromatic nitrogens is 1. The Morgan fingerprint density at radius 2 is 1.83 bits per heavy atom. The van der Waals surface area contributed by atoms with Gasteiger partial charge in [0.25, 0.3) is 5.91 Å². The number of nitrogens with zero attached hydrogens (tertiary/aromatic N) is 1. The lowest BCUT2D eigenvalue weighted by molar-refractivity contribution is -0.0505. The van der Waals surface area contributed by atoms with Crippen LogP contribution in [0.25, 0.3) is 10.9 Å². The van der Waals surface area contributed by atoms with Gasteiger partial charge in [-0.05, 0) is 12.1 Å². The first-order valence-electron chi connectivity index (χ1n) is 6.88. The van der Waals surface area contributed by atoms with Crippen LogP contribution in [0.3, 0.4) is 0 Å². The molecule has 0 bridgehead atoms. The number of carbonyl (C=O) groups is 1. The van der Waals surface area contributed by atoms with Crippen LogP contribution >= 0.6 is 34.8 Å². The van der Waals surface area contributed by atoms with Gasteiger partial charge in [-0.15, -0.1) is 0 Å². The number of carbonyl (C=O) groups excluding carboxylic acids is 1. The maximum absolute atomic E-state index is 11.8. The third-order valence-corrected chi connectivity index (χ3v) is 5.10. The highest BCUT2D eigenvalue weighted by Crippen LogP contribution is 2.41. The van der Waals surface area contributed by atoms with Gasteiger partial charge in [-0.1, -0.05) is 34.8 Å². The maximum Gasteiger partial charge on any atom is 0.252 e. The molecule has 2 unspecified atom stereocenters. The summed E-state index contributed by atoms with van der Waals surface area (Å²) in [6.07, 6.45) is -4.85. The number of benzene rings is 1. The van der Waals surface area contributed by atoms with Crippen molar-refractivity contribution in [2.45, 2.75) is 24.5 Å². The summed E-state index contributed by atoms with van der Waals surface area (Å²) >= 11 is 18.3. The van der Waals surface area contributed by atoms with Gasteiger partial charge < -0.3 is 30.4 Å². The maximum atomic E-state index is 11.8. The van der Waals surface area contributed by atoms with E-state index in [0.29, 0.717) is 10.9 Å². The molecule has 1 aliphatic rings. The van der Waals surface area contributed by atoms with Crippen molar-refractivity contribution in [1.82, 2.24) is 4.57 Å². The third-order valence-electron chi connectivity index (χ3n) is 4.00. The monoisotopic (exact) mass is 394 g/mol. The van der Waals surface area contributed by atoms with Gasteiger partial charge in [-0.3, -0.25) is 4.79 Å². The molecule has 2 heterocycles. The lowest BCUT2D eigenvalue weighted by Gasteiger charge is -2.19. The zero-order valence-corrected chi connectivity index (χ0v) is 14.3. The van der Waals surface area contributed by atoms with E-state index in [1.165, 1.54) is 16.7 Å². The van der Waals surface area contributed by atoms with Gasteiger partial charge in [-0.2, -0.15) is 0 Å². The van der Waals surface area contributed by atoms with E-state index in [1.807, 2.05) is 0 Å². The van der Waals surface area contributed by atoms with Crippen LogP contribution < -0.4 is 5.73 Å². The molecule has 0 saturated carbocycles. The number of aliphatic hydroxyl groups excluding tert-OH is 3. The molecule has 130 valence electrons. The molecule has 3 rings (SSSR count). The summed E-state index contributed by atoms with van der Waals surface area (Å²) in [4.78, 5) is 11.8. The SMILES string of the molecule is NC(=O)c1c(Cl)n([C@@H]2O[C@H](CO)C(O)C2O)c2cc(Cl)c(Cl)cc12. The molecule has 10 heteroatoms. The van der Waals surface area contributed by atoms with Gasteiger partial charge in [0.2, 0.25) is 0 Å². The van der Waals surface area contributed by atoms with Crippen LogP contribution in [-0.4, -0.2) is 50.7 Å². The Bertz CT molecular complexity index is 825. The van der Waals surface area contributed by atoms with Crippen molar-refractivity contribution in [3.63, 3.8) is 0 Å². The Morgan fingerprint density at radius 1 is 1.21 bits per heavy atom. The molecule has 0 radical (unpaired) electrons. The van der Waals surface area contributed by atoms with Gasteiger partial charge in [0.1, 0.15) is 23.5 Å². The van der Waals surface area contributed by atoms with Crippen molar-refractivity contribution in [2.24, 2.45) is 5.73 Å². The molecule has 1 fully saturated rings. The van der Waals surface area contributed by atoms with Gasteiger partial charge in [0, 0.05) is 5.39 Å². The van der Waals surface area contributed by atoms with Gasteiger partial charge >= 0.3 is 0 Å². The van der Waals surface area contributed by atoms with Gasteiger partial charge in [-0.25, -0.2) is 0 Å². The zero-order chi connectivity index (χ0) is 17.8. The van der Waals surface area contributed by atoms with E-state index >= 15 is 0 Å². The third kappa shape index (κ3) is 2.57. The average molecular weight is 396 g/mol. The van der Waals surface area contributed by atoms with E-state index in [1.54, 1.807) is 0 Å². The number of nitrogens with two attached hydrogens (primary N) is 1. The van der Waals surface area contributed by atoms with Crippen molar-refractivity contribution in [2.75, 3.05) is 6.61 Å². The van der Waals surface area contributed by atoms with Crippen LogP contribution in [0.4, 0.5) is 0 Å². The minimum Gasteiger partial charge on any atom is -0.394 e. The zero-order valence-electron chi connectivity index (χ0n) is 12.0. The number of hydrogen-bond acceptors (Lipinski definition) is 5. The highest BCUT2D eigenvalue weighted by molar-refractivity contribution is 6.43. The Hall–Kier alpha value is -1.06. The van der Waals surface area contributed by atoms with Crippen molar-refractivity contribution in [3.05, 3.63) is 32.9 Å². The molecule has 1 saturated heterocycles. The van der Waals surface area contributed by atoms with E-state index in [-0.39, 0.29) is 20.8 Å². The van der Waals surface area contributed by atoms with E-state index < -0.39 is 37.1 Å². The molecule has 2 aromatic rings. The topological polar surface area (TPSA) is 118 Å². The predicted molar refractivity (Wildman–Crippen MR) is 88.5 cm³/mol. The number of rotatable bonds is 3. The van der Waals surface area contributed by atoms with Crippen molar-refractivity contribution in [1.29, 1.82) is 0 Å². The normalized spacial score (nSPS) is 27.1. The van der Waals surface area contributed by atoms with Crippen LogP contribution in [0.2, 0.25) is 15.2 Å². The first-order chi connectivity index (χ1) is 11.3. The number of ether oxygens (including phenoxy) is 1. The molecule has 1 aliphatic heterocycles. The minimum atomic E-state index is -1.38. The standard InChI is InChI=1S/C14H13Cl3N2O5/c15-5-1-4-7(2-6(5)16)19(12(17)9(4)13(18)23)14-11(22)10(21)8(3-20)24-14/h1-2,8,10-11,14,20-22H,3H2,(H2,18,23)/t8-,10?,11?,14-/m1/s1. The summed E-state index contributed by atoms with van der Waals surface area (Å²) in [6.45, 7) is -0.499. The second kappa shape index (κ2) is 6.34. The second-order valence-electron chi connectivity index (χ2n) is 5.41. The molecular formula is C14H13Cl3N2O5. The molecule has 1 aromatic heterocycles. The molecule has 0 aliphatic carbocycles. The molecule has 1 aromatic carbocycles. The lowest BCUT2D eigenvalue weighted by atomic mass is 10.1. The first kappa shape index (κ1) is 17.8. The van der Waals surface area contributed by atoms with E-state index in [9.17, 15) is 20.1 Å². The average Bonchev–Trinajstić information content (AvgIpc) is 2.94. The molecule has 7 nitrogen and oxygen atoms in total. The summed E-state index contributed by atoms with van der Waals surface area (Å²) in [5.74, 6) is -0.797. The Labute approximate surface area is 151 Å². The highest BCUT2D eigenvalue weighted by Gasteiger charge is 2.45. The predicted octanol–water partition coefficient (Wildman–Crippen LogP) is 1.31. The van der Waals surface area contributed by atoms with E-state index in [4.69, 9.17) is 45.3 Å². The highest BCUT2D eigenvalue weighted by atomic mass is 35.5. The second-order valence-corrected chi connectivity index (χ2v) is 6.58. The summed E-state index contributed by atoms with van der Waals surface area (Å²) < 4.78 is 6.77. The Morgan fingerprint density at radius 3 is 2.38 bits per heavy atom. The quantitative estimate of drug-likeness (QED) is 0.625. The van der Waals surface area contributed by atoms with Crippen molar-refractivity contribution < 1.29 is 24.9 Å². The van der Waals surface area contributed by atoms with Crippen molar-refractivity contribution >= 4 is 51.6 Å². The molecule has 1 amide bonds. The number of amides is 1. The molecular weight excluding hydrogens is 383 g/mol. The number of halogens is 3. The minimum absolute atomic E-state index is 0.0111. The van der Waals surface area contributed by atoms with Crippen LogP contribution in [0.1, 0.15) is 16.6 Å². The molecule has 5 N–H and O–H groups in total. The molecule has 24 heavy (non-hydrogen) atoms. The summed E-state index contributed by atoms with van der Waals surface area (Å²) in [7, 11) is 0. The smallest absolute Gasteiger partial charge is 0.252 e. The number of fused-ring (bicyclic) bond motifs is 1. The Kier molecular flexibility index (Phi) is 4.69. The van der Waals surface area contributed by atoms with Gasteiger partial charge in [0.15, 0.2) is 6.23 Å². The fraction of sp³-hybridized carbons (Fsp3) is 0.357. The van der Waals surface area contributed by atoms with Gasteiger partial charge in [0.05, 0.1) is 27.7 Å². The first-order valence-corrected chi connectivity index (χ1v) is 8.02. The molecule has 4 atom stereocenters. The number of aliphatic hydroxyl groups is 3. The lowest BCUT2D eigenvalue weighted by Crippen LogP contribution is -2.33. The van der Waals surface area contributed by atoms with Crippen LogP contribution in [-0.2, 0) is 4.74 Å². The Balaban J connectivity index is 2.27. The van der Waals surface area contributed by atoms with Crippen LogP contribution in [0.15, 0.2) is 12.1 Å². The van der Waals surface area contributed by atoms with E-state index in [0.717, 1.165) is 0 Å². The number of hydrogen-bond donors (Lipinski definition) is 4. The molecule has 0 spiro atoms. The summed E-state index contributed by atoms with van der Waals surface area (Å²) in [5.41, 5.74) is 5.73. The number of primary amides is 1. The largest absolute Gasteiger partial charge is 0.394 e.